The first kappa shape index (κ1) is 11.2. The number of carbonyl (C=O) groups is 1. The fourth-order valence-corrected chi connectivity index (χ4v) is 1.83. The summed E-state index contributed by atoms with van der Waals surface area (Å²) in [5.41, 5.74) is 0. The number of aliphatic hydroxyl groups excluding tert-OH is 1. The molecule has 0 saturated carbocycles. The van der Waals surface area contributed by atoms with Gasteiger partial charge in [0.05, 0.1) is 19.2 Å². The Kier molecular flexibility index (Phi) is 2.94. The van der Waals surface area contributed by atoms with Gasteiger partial charge in [-0.05, 0) is 5.92 Å². The van der Waals surface area contributed by atoms with Crippen LogP contribution >= 0.6 is 0 Å². The van der Waals surface area contributed by atoms with Gasteiger partial charge in [-0.25, -0.2) is 13.6 Å². The van der Waals surface area contributed by atoms with E-state index >= 15 is 0 Å². The molecule has 0 aromatic carbocycles. The number of carboxylic acid groups (broad SMARTS) is 1. The minimum Gasteiger partial charge on any atom is -0.465 e. The number of alkyl halides is 2. The summed E-state index contributed by atoms with van der Waals surface area (Å²) < 4.78 is 26.0. The van der Waals surface area contributed by atoms with Gasteiger partial charge in [-0.2, -0.15) is 0 Å². The maximum atomic E-state index is 13.0. The minimum atomic E-state index is -2.98. The van der Waals surface area contributed by atoms with E-state index < -0.39 is 37.1 Å². The highest BCUT2D eigenvalue weighted by Gasteiger charge is 2.45. The molecule has 0 aliphatic carbocycles. The number of hydrogen-bond acceptors (Lipinski definition) is 2. The van der Waals surface area contributed by atoms with Gasteiger partial charge < -0.3 is 10.2 Å². The Balaban J connectivity index is 2.83. The van der Waals surface area contributed by atoms with Crippen molar-refractivity contribution in [3.8, 4) is 0 Å². The highest BCUT2D eigenvalue weighted by atomic mass is 19.3. The molecule has 2 unspecified atom stereocenters. The maximum Gasteiger partial charge on any atom is 0.407 e. The zero-order chi connectivity index (χ0) is 10.9. The van der Waals surface area contributed by atoms with Crippen LogP contribution < -0.4 is 0 Å². The number of likely N-dealkylation sites (tertiary alicyclic amines) is 1. The van der Waals surface area contributed by atoms with E-state index in [2.05, 4.69) is 0 Å². The van der Waals surface area contributed by atoms with Crippen molar-refractivity contribution >= 4 is 6.09 Å². The summed E-state index contributed by atoms with van der Waals surface area (Å²) in [7, 11) is 0. The molecule has 0 bridgehead atoms. The largest absolute Gasteiger partial charge is 0.465 e. The van der Waals surface area contributed by atoms with Crippen LogP contribution in [-0.2, 0) is 0 Å². The van der Waals surface area contributed by atoms with Crippen LogP contribution in [0.15, 0.2) is 0 Å². The Bertz CT molecular complexity index is 235. The Morgan fingerprint density at radius 1 is 1.64 bits per heavy atom. The van der Waals surface area contributed by atoms with Crippen molar-refractivity contribution in [2.75, 3.05) is 13.2 Å². The van der Waals surface area contributed by atoms with Gasteiger partial charge in [-0.3, -0.25) is 4.90 Å². The molecule has 1 amide bonds. The standard InChI is InChI=1S/C8H13F2NO3/c1-5-2-8(9,10)4-11(7(13)14)6(5)3-12/h5-6,12H,2-4H2,1H3,(H,13,14). The van der Waals surface area contributed by atoms with Gasteiger partial charge in [0.25, 0.3) is 5.92 Å². The number of nitrogens with zero attached hydrogens (tertiary/aromatic N) is 1. The topological polar surface area (TPSA) is 60.8 Å². The molecule has 82 valence electrons. The lowest BCUT2D eigenvalue weighted by Crippen LogP contribution is -2.56. The lowest BCUT2D eigenvalue weighted by molar-refractivity contribution is -0.102. The van der Waals surface area contributed by atoms with E-state index in [9.17, 15) is 13.6 Å². The Hall–Kier alpha value is -0.910. The number of aliphatic hydroxyl groups is 1. The number of hydrogen-bond donors (Lipinski definition) is 2. The van der Waals surface area contributed by atoms with Gasteiger partial charge in [0.1, 0.15) is 0 Å². The molecule has 4 nitrogen and oxygen atoms in total. The van der Waals surface area contributed by atoms with Crippen LogP contribution in [0, 0.1) is 5.92 Å². The van der Waals surface area contributed by atoms with E-state index in [1.54, 1.807) is 0 Å². The number of piperidine rings is 1. The van der Waals surface area contributed by atoms with E-state index in [1.807, 2.05) is 0 Å². The summed E-state index contributed by atoms with van der Waals surface area (Å²) >= 11 is 0. The quantitative estimate of drug-likeness (QED) is 0.677. The summed E-state index contributed by atoms with van der Waals surface area (Å²) in [6, 6.07) is -0.716. The average Bonchev–Trinajstić information content (AvgIpc) is 2.01. The van der Waals surface area contributed by atoms with Crippen molar-refractivity contribution in [2.24, 2.45) is 5.92 Å². The van der Waals surface area contributed by atoms with Crippen molar-refractivity contribution in [1.29, 1.82) is 0 Å². The summed E-state index contributed by atoms with van der Waals surface area (Å²) in [5, 5.41) is 17.6. The molecular formula is C8H13F2NO3. The lowest BCUT2D eigenvalue weighted by atomic mass is 9.89. The zero-order valence-corrected chi connectivity index (χ0v) is 7.78. The molecule has 1 aliphatic rings. The molecule has 0 radical (unpaired) electrons. The third-order valence-corrected chi connectivity index (χ3v) is 2.51. The van der Waals surface area contributed by atoms with E-state index in [0.29, 0.717) is 4.90 Å². The minimum absolute atomic E-state index is 0.373. The highest BCUT2D eigenvalue weighted by molar-refractivity contribution is 5.65. The first-order chi connectivity index (χ1) is 6.37. The van der Waals surface area contributed by atoms with Crippen LogP contribution in [0.5, 0.6) is 0 Å². The maximum absolute atomic E-state index is 13.0. The van der Waals surface area contributed by atoms with Gasteiger partial charge in [-0.15, -0.1) is 0 Å². The smallest absolute Gasteiger partial charge is 0.407 e. The second-order valence-corrected chi connectivity index (χ2v) is 3.70. The third-order valence-electron chi connectivity index (χ3n) is 2.51. The first-order valence-corrected chi connectivity index (χ1v) is 4.35. The molecule has 0 aromatic rings. The Morgan fingerprint density at radius 3 is 2.64 bits per heavy atom. The molecule has 6 heteroatoms. The van der Waals surface area contributed by atoms with E-state index in [0.717, 1.165) is 0 Å². The van der Waals surface area contributed by atoms with E-state index in [-0.39, 0.29) is 6.42 Å². The van der Waals surface area contributed by atoms with Crippen LogP contribution in [0.25, 0.3) is 0 Å². The van der Waals surface area contributed by atoms with Crippen LogP contribution in [0.2, 0.25) is 0 Å². The van der Waals surface area contributed by atoms with Crippen LogP contribution in [-0.4, -0.2) is 46.3 Å². The molecule has 1 rings (SSSR count). The average molecular weight is 209 g/mol. The molecule has 1 saturated heterocycles. The summed E-state index contributed by atoms with van der Waals surface area (Å²) in [4.78, 5) is 11.3. The van der Waals surface area contributed by atoms with Crippen LogP contribution in [0.4, 0.5) is 13.6 Å². The molecular weight excluding hydrogens is 196 g/mol. The molecule has 1 fully saturated rings. The normalized spacial score (nSPS) is 31.6. The van der Waals surface area contributed by atoms with Crippen LogP contribution in [0.3, 0.4) is 0 Å². The zero-order valence-electron chi connectivity index (χ0n) is 7.78. The van der Waals surface area contributed by atoms with Gasteiger partial charge in [0, 0.05) is 6.42 Å². The summed E-state index contributed by atoms with van der Waals surface area (Å²) in [6.45, 7) is 0.283. The van der Waals surface area contributed by atoms with Crippen molar-refractivity contribution < 1.29 is 23.8 Å². The first-order valence-electron chi connectivity index (χ1n) is 4.35. The fraction of sp³-hybridized carbons (Fsp3) is 0.875. The monoisotopic (exact) mass is 209 g/mol. The molecule has 2 N–H and O–H groups in total. The SMILES string of the molecule is CC1CC(F)(F)CN(C(=O)O)C1CO. The number of halogens is 2. The highest BCUT2D eigenvalue weighted by Crippen LogP contribution is 2.33. The van der Waals surface area contributed by atoms with E-state index in [4.69, 9.17) is 10.2 Å². The van der Waals surface area contributed by atoms with Gasteiger partial charge in [0.15, 0.2) is 0 Å². The molecule has 14 heavy (non-hydrogen) atoms. The molecule has 1 heterocycles. The lowest BCUT2D eigenvalue weighted by Gasteiger charge is -2.40. The fourth-order valence-electron chi connectivity index (χ4n) is 1.83. The predicted molar refractivity (Wildman–Crippen MR) is 44.3 cm³/mol. The Labute approximate surface area is 80.1 Å². The summed E-state index contributed by atoms with van der Waals surface area (Å²) in [5.74, 6) is -3.51. The third kappa shape index (κ3) is 2.12. The van der Waals surface area contributed by atoms with Crippen molar-refractivity contribution in [3.05, 3.63) is 0 Å². The Morgan fingerprint density at radius 2 is 2.21 bits per heavy atom. The van der Waals surface area contributed by atoms with Crippen molar-refractivity contribution in [1.82, 2.24) is 4.90 Å². The second-order valence-electron chi connectivity index (χ2n) is 3.70. The van der Waals surface area contributed by atoms with Crippen LogP contribution in [0.1, 0.15) is 13.3 Å². The molecule has 0 spiro atoms. The second kappa shape index (κ2) is 3.68. The van der Waals surface area contributed by atoms with Gasteiger partial charge >= 0.3 is 6.09 Å². The van der Waals surface area contributed by atoms with Gasteiger partial charge in [-0.1, -0.05) is 6.92 Å². The predicted octanol–water partition coefficient (Wildman–Crippen LogP) is 1.00. The summed E-state index contributed by atoms with van der Waals surface area (Å²) in [6.07, 6.45) is -1.78. The van der Waals surface area contributed by atoms with Crippen molar-refractivity contribution in [2.45, 2.75) is 25.3 Å². The molecule has 1 aliphatic heterocycles. The molecule has 0 aromatic heterocycles. The van der Waals surface area contributed by atoms with Gasteiger partial charge in [0.2, 0.25) is 0 Å². The van der Waals surface area contributed by atoms with Crippen molar-refractivity contribution in [3.63, 3.8) is 0 Å². The number of rotatable bonds is 1. The molecule has 2 atom stereocenters. The number of amides is 1. The van der Waals surface area contributed by atoms with E-state index in [1.165, 1.54) is 6.92 Å².